The number of esters is 1. The van der Waals surface area contributed by atoms with E-state index < -0.39 is 0 Å². The number of nitrogens with zero attached hydrogens (tertiary/aromatic N) is 1. The van der Waals surface area contributed by atoms with Crippen LogP contribution in [0.25, 0.3) is 10.9 Å². The van der Waals surface area contributed by atoms with Crippen LogP contribution in [0.3, 0.4) is 0 Å². The van der Waals surface area contributed by atoms with Crippen LogP contribution in [0.1, 0.15) is 52.2 Å². The Bertz CT molecular complexity index is 1170. The van der Waals surface area contributed by atoms with Crippen molar-refractivity contribution in [1.82, 2.24) is 4.57 Å². The Morgan fingerprint density at radius 2 is 1.81 bits per heavy atom. The fourth-order valence-corrected chi connectivity index (χ4v) is 4.96. The molecule has 0 radical (unpaired) electrons. The fourth-order valence-electron chi connectivity index (χ4n) is 4.96. The molecule has 168 valence electrons. The van der Waals surface area contributed by atoms with Gasteiger partial charge in [0.15, 0.2) is 5.78 Å². The molecule has 0 spiro atoms. The van der Waals surface area contributed by atoms with E-state index in [0.717, 1.165) is 27.8 Å². The minimum atomic E-state index is -0.388. The maximum Gasteiger partial charge on any atom is 0.337 e. The molecule has 1 aliphatic rings. The highest BCUT2D eigenvalue weighted by atomic mass is 16.5. The van der Waals surface area contributed by atoms with Gasteiger partial charge in [0.05, 0.1) is 32.1 Å². The van der Waals surface area contributed by atoms with Gasteiger partial charge in [0, 0.05) is 30.5 Å². The average molecular weight is 436 g/mol. The van der Waals surface area contributed by atoms with Gasteiger partial charge in [-0.2, -0.15) is 0 Å². The smallest absolute Gasteiger partial charge is 0.337 e. The standard InChI is InChI=1S/C26H29NO5/c1-26(2)13-18(15-30-3)24(28)23-22(26)20-12-17(25(29)32-5)8-11-21(20)27(23)14-16-6-9-19(31-4)10-7-16/h6-12,18H,13-15H2,1-5H3. The number of ketones is 1. The fraction of sp³-hybridized carbons (Fsp3) is 0.385. The van der Waals surface area contributed by atoms with Gasteiger partial charge in [-0.25, -0.2) is 4.79 Å². The molecule has 0 bridgehead atoms. The lowest BCUT2D eigenvalue weighted by atomic mass is 9.69. The molecule has 0 fully saturated rings. The summed E-state index contributed by atoms with van der Waals surface area (Å²) in [6.07, 6.45) is 0.691. The van der Waals surface area contributed by atoms with Gasteiger partial charge in [-0.15, -0.1) is 0 Å². The number of hydrogen-bond donors (Lipinski definition) is 0. The van der Waals surface area contributed by atoms with Crippen LogP contribution < -0.4 is 4.74 Å². The van der Waals surface area contributed by atoms with Crippen molar-refractivity contribution in [3.63, 3.8) is 0 Å². The topological polar surface area (TPSA) is 66.8 Å². The maximum absolute atomic E-state index is 13.6. The van der Waals surface area contributed by atoms with Gasteiger partial charge in [-0.05, 0) is 53.3 Å². The molecule has 3 aromatic rings. The second kappa shape index (κ2) is 8.43. The van der Waals surface area contributed by atoms with E-state index in [1.807, 2.05) is 36.4 Å². The Hall–Kier alpha value is -3.12. The summed E-state index contributed by atoms with van der Waals surface area (Å²) in [6, 6.07) is 13.4. The molecule has 1 unspecified atom stereocenters. The van der Waals surface area contributed by atoms with Crippen molar-refractivity contribution in [3.8, 4) is 5.75 Å². The molecule has 0 amide bonds. The number of rotatable bonds is 6. The Kier molecular flexibility index (Phi) is 5.82. The van der Waals surface area contributed by atoms with Gasteiger partial charge in [0.1, 0.15) is 5.75 Å². The number of Topliss-reactive ketones (excluding diaryl/α,β-unsaturated/α-hetero) is 1. The van der Waals surface area contributed by atoms with Gasteiger partial charge >= 0.3 is 5.97 Å². The van der Waals surface area contributed by atoms with Crippen LogP contribution in [-0.4, -0.2) is 44.3 Å². The Balaban J connectivity index is 1.95. The second-order valence-corrected chi connectivity index (χ2v) is 8.99. The molecule has 0 aliphatic heterocycles. The third-order valence-electron chi connectivity index (χ3n) is 6.39. The number of fused-ring (bicyclic) bond motifs is 3. The van der Waals surface area contributed by atoms with E-state index in [9.17, 15) is 9.59 Å². The van der Waals surface area contributed by atoms with Crippen LogP contribution in [0.4, 0.5) is 0 Å². The predicted molar refractivity (Wildman–Crippen MR) is 123 cm³/mol. The summed E-state index contributed by atoms with van der Waals surface area (Å²) in [5, 5.41) is 0.922. The first kappa shape index (κ1) is 22.1. The number of ether oxygens (including phenoxy) is 3. The first-order valence-corrected chi connectivity index (χ1v) is 10.7. The number of methoxy groups -OCH3 is 3. The van der Waals surface area contributed by atoms with Crippen molar-refractivity contribution in [2.24, 2.45) is 5.92 Å². The summed E-state index contributed by atoms with van der Waals surface area (Å²) in [5.74, 6) is 0.279. The van der Waals surface area contributed by atoms with Crippen molar-refractivity contribution in [3.05, 3.63) is 64.8 Å². The molecule has 1 heterocycles. The zero-order valence-electron chi connectivity index (χ0n) is 19.2. The Morgan fingerprint density at radius 3 is 2.44 bits per heavy atom. The molecule has 0 N–H and O–H groups in total. The molecular formula is C26H29NO5. The van der Waals surface area contributed by atoms with Crippen molar-refractivity contribution >= 4 is 22.7 Å². The van der Waals surface area contributed by atoms with Crippen LogP contribution in [-0.2, 0) is 21.4 Å². The molecular weight excluding hydrogens is 406 g/mol. The van der Waals surface area contributed by atoms with Crippen LogP contribution in [0.2, 0.25) is 0 Å². The van der Waals surface area contributed by atoms with E-state index in [1.54, 1.807) is 20.3 Å². The summed E-state index contributed by atoms with van der Waals surface area (Å²) >= 11 is 0. The molecule has 1 aliphatic carbocycles. The van der Waals surface area contributed by atoms with E-state index in [0.29, 0.717) is 30.8 Å². The van der Waals surface area contributed by atoms with E-state index in [1.165, 1.54) is 7.11 Å². The highest BCUT2D eigenvalue weighted by Crippen LogP contribution is 2.45. The number of hydrogen-bond acceptors (Lipinski definition) is 5. The van der Waals surface area contributed by atoms with Gasteiger partial charge in [-0.1, -0.05) is 26.0 Å². The summed E-state index contributed by atoms with van der Waals surface area (Å²) in [5.41, 5.74) is 3.90. The lowest BCUT2D eigenvalue weighted by Crippen LogP contribution is -2.37. The van der Waals surface area contributed by atoms with Crippen molar-refractivity contribution in [2.75, 3.05) is 27.9 Å². The Morgan fingerprint density at radius 1 is 1.09 bits per heavy atom. The lowest BCUT2D eigenvalue weighted by molar-refractivity contribution is 0.0600. The van der Waals surface area contributed by atoms with Crippen molar-refractivity contribution < 1.29 is 23.8 Å². The summed E-state index contributed by atoms with van der Waals surface area (Å²) < 4.78 is 17.7. The quantitative estimate of drug-likeness (QED) is 0.529. The van der Waals surface area contributed by atoms with Gasteiger partial charge in [-0.3, -0.25) is 4.79 Å². The maximum atomic E-state index is 13.6. The normalized spacial score (nSPS) is 17.3. The van der Waals surface area contributed by atoms with E-state index in [2.05, 4.69) is 18.4 Å². The molecule has 6 heteroatoms. The summed E-state index contributed by atoms with van der Waals surface area (Å²) in [6.45, 7) is 5.24. The van der Waals surface area contributed by atoms with Crippen molar-refractivity contribution in [1.29, 1.82) is 0 Å². The average Bonchev–Trinajstić information content (AvgIpc) is 3.12. The molecule has 1 aromatic heterocycles. The molecule has 0 saturated heterocycles. The summed E-state index contributed by atoms with van der Waals surface area (Å²) in [7, 11) is 4.64. The zero-order valence-corrected chi connectivity index (χ0v) is 19.2. The number of carbonyl (C=O) groups is 2. The van der Waals surface area contributed by atoms with Gasteiger partial charge < -0.3 is 18.8 Å². The van der Waals surface area contributed by atoms with Crippen LogP contribution >= 0.6 is 0 Å². The van der Waals surface area contributed by atoms with E-state index >= 15 is 0 Å². The minimum absolute atomic E-state index is 0.0884. The van der Waals surface area contributed by atoms with E-state index in [-0.39, 0.29) is 23.1 Å². The summed E-state index contributed by atoms with van der Waals surface area (Å²) in [4.78, 5) is 25.9. The molecule has 1 atom stereocenters. The predicted octanol–water partition coefficient (Wildman–Crippen LogP) is 4.61. The van der Waals surface area contributed by atoms with Crippen LogP contribution in [0.15, 0.2) is 42.5 Å². The molecule has 0 saturated carbocycles. The third kappa shape index (κ3) is 3.69. The third-order valence-corrected chi connectivity index (χ3v) is 6.39. The van der Waals surface area contributed by atoms with Crippen LogP contribution in [0.5, 0.6) is 5.75 Å². The monoisotopic (exact) mass is 435 g/mol. The lowest BCUT2D eigenvalue weighted by Gasteiger charge is -2.35. The SMILES string of the molecule is COCC1CC(C)(C)c2c(n(Cc3ccc(OC)cc3)c3ccc(C(=O)OC)cc23)C1=O. The number of benzene rings is 2. The van der Waals surface area contributed by atoms with Crippen molar-refractivity contribution in [2.45, 2.75) is 32.2 Å². The molecule has 32 heavy (non-hydrogen) atoms. The van der Waals surface area contributed by atoms with Gasteiger partial charge in [0.25, 0.3) is 0 Å². The number of aromatic nitrogens is 1. The number of carbonyl (C=O) groups excluding carboxylic acids is 2. The largest absolute Gasteiger partial charge is 0.497 e. The molecule has 6 nitrogen and oxygen atoms in total. The Labute approximate surface area is 188 Å². The zero-order chi connectivity index (χ0) is 23.0. The van der Waals surface area contributed by atoms with E-state index in [4.69, 9.17) is 14.2 Å². The highest BCUT2D eigenvalue weighted by Gasteiger charge is 2.42. The molecule has 4 rings (SSSR count). The van der Waals surface area contributed by atoms with Crippen LogP contribution in [0, 0.1) is 5.92 Å². The minimum Gasteiger partial charge on any atom is -0.497 e. The molecule has 2 aromatic carbocycles. The first-order valence-electron chi connectivity index (χ1n) is 10.7. The second-order valence-electron chi connectivity index (χ2n) is 8.99. The van der Waals surface area contributed by atoms with Gasteiger partial charge in [0.2, 0.25) is 0 Å². The highest BCUT2D eigenvalue weighted by molar-refractivity contribution is 6.07. The first-order chi connectivity index (χ1) is 15.3.